The molecule has 5 heterocycles. The number of likely N-dealkylation sites (tertiary alicyclic amines) is 2. The van der Waals surface area contributed by atoms with Gasteiger partial charge in [0.15, 0.2) is 0 Å². The second kappa shape index (κ2) is 11.2. The predicted molar refractivity (Wildman–Crippen MR) is 161 cm³/mol. The summed E-state index contributed by atoms with van der Waals surface area (Å²) >= 11 is 0. The van der Waals surface area contributed by atoms with E-state index >= 15 is 0 Å². The van der Waals surface area contributed by atoms with Crippen LogP contribution in [0.5, 0.6) is 0 Å². The maximum Gasteiger partial charge on any atom is 0.410 e. The maximum atomic E-state index is 13.0. The zero-order valence-corrected chi connectivity index (χ0v) is 25.3. The molecule has 3 fully saturated rings. The van der Waals surface area contributed by atoms with Crippen LogP contribution in [0.15, 0.2) is 30.6 Å². The highest BCUT2D eigenvalue weighted by molar-refractivity contribution is 5.97. The lowest BCUT2D eigenvalue weighted by atomic mass is 10.0. The van der Waals surface area contributed by atoms with Crippen molar-refractivity contribution in [2.45, 2.75) is 76.5 Å². The Morgan fingerprint density at radius 2 is 1.76 bits per heavy atom. The maximum absolute atomic E-state index is 13.0. The van der Waals surface area contributed by atoms with Gasteiger partial charge >= 0.3 is 6.09 Å². The quantitative estimate of drug-likeness (QED) is 0.448. The summed E-state index contributed by atoms with van der Waals surface area (Å²) in [6.45, 7) is 9.12. The number of fused-ring (bicyclic) bond motifs is 1. The molecule has 1 saturated carbocycles. The highest BCUT2D eigenvalue weighted by Crippen LogP contribution is 2.35. The molecule has 11 nitrogen and oxygen atoms in total. The predicted octanol–water partition coefficient (Wildman–Crippen LogP) is 4.80. The largest absolute Gasteiger partial charge is 0.444 e. The number of hydrogen-bond acceptors (Lipinski definition) is 8. The van der Waals surface area contributed by atoms with Crippen molar-refractivity contribution in [3.8, 4) is 0 Å². The summed E-state index contributed by atoms with van der Waals surface area (Å²) in [6.07, 6.45) is 9.00. The average molecular weight is 575 g/mol. The Morgan fingerprint density at radius 3 is 2.43 bits per heavy atom. The van der Waals surface area contributed by atoms with Crippen molar-refractivity contribution in [2.24, 2.45) is 0 Å². The minimum absolute atomic E-state index is 0.0187. The third kappa shape index (κ3) is 5.79. The molecule has 224 valence electrons. The van der Waals surface area contributed by atoms with E-state index in [1.165, 1.54) is 5.56 Å². The van der Waals surface area contributed by atoms with Gasteiger partial charge in [0.25, 0.3) is 5.91 Å². The fourth-order valence-electron chi connectivity index (χ4n) is 6.38. The molecule has 0 aromatic carbocycles. The Hall–Kier alpha value is -3.73. The first-order chi connectivity index (χ1) is 20.1. The standard InChI is InChI=1S/C31H42N8O3/c1-31(2,3)42-30(41)38-18-24(19-38)37-13-12-21(17-37)20-10-11-26(32-15-20)34-29-33-16-22-14-25(28(40)36(4)5)39(27(22)35-29)23-8-6-7-9-23/h10-11,14-16,21,23-24H,6-9,12-13,17-19H2,1-5H3,(H,32,33,34,35)/t21-/m0/s1. The molecule has 6 rings (SSSR count). The van der Waals surface area contributed by atoms with Crippen LogP contribution in [-0.2, 0) is 4.74 Å². The third-order valence-electron chi connectivity index (χ3n) is 8.64. The first-order valence-corrected chi connectivity index (χ1v) is 15.1. The van der Waals surface area contributed by atoms with Crippen LogP contribution < -0.4 is 5.32 Å². The number of nitrogens with one attached hydrogen (secondary N) is 1. The minimum atomic E-state index is -0.468. The van der Waals surface area contributed by atoms with Gasteiger partial charge < -0.3 is 24.4 Å². The van der Waals surface area contributed by atoms with Gasteiger partial charge in [0.2, 0.25) is 5.95 Å². The van der Waals surface area contributed by atoms with E-state index in [1.54, 1.807) is 30.1 Å². The molecule has 1 N–H and O–H groups in total. The van der Waals surface area contributed by atoms with Crippen molar-refractivity contribution in [3.63, 3.8) is 0 Å². The van der Waals surface area contributed by atoms with Crippen LogP contribution in [0.1, 0.15) is 80.9 Å². The van der Waals surface area contributed by atoms with E-state index in [2.05, 4.69) is 30.8 Å². The third-order valence-corrected chi connectivity index (χ3v) is 8.64. The number of anilines is 2. The Balaban J connectivity index is 1.10. The van der Waals surface area contributed by atoms with Gasteiger partial charge in [-0.05, 0) is 70.2 Å². The highest BCUT2D eigenvalue weighted by atomic mass is 16.6. The summed E-state index contributed by atoms with van der Waals surface area (Å²) in [5.74, 6) is 1.55. The van der Waals surface area contributed by atoms with Crippen molar-refractivity contribution in [1.29, 1.82) is 0 Å². The molecule has 1 atom stereocenters. The Morgan fingerprint density at radius 1 is 1.00 bits per heavy atom. The topological polar surface area (TPSA) is 109 Å². The van der Waals surface area contributed by atoms with Crippen molar-refractivity contribution < 1.29 is 14.3 Å². The zero-order valence-electron chi connectivity index (χ0n) is 25.3. The Kier molecular flexibility index (Phi) is 7.55. The lowest BCUT2D eigenvalue weighted by molar-refractivity contribution is -0.0114. The van der Waals surface area contributed by atoms with E-state index in [9.17, 15) is 9.59 Å². The van der Waals surface area contributed by atoms with Gasteiger partial charge in [-0.15, -0.1) is 0 Å². The van der Waals surface area contributed by atoms with Crippen LogP contribution in [0, 0.1) is 0 Å². The number of hydrogen-bond donors (Lipinski definition) is 1. The van der Waals surface area contributed by atoms with Crippen molar-refractivity contribution in [1.82, 2.24) is 34.2 Å². The minimum Gasteiger partial charge on any atom is -0.444 e. The van der Waals surface area contributed by atoms with E-state index in [-0.39, 0.29) is 18.0 Å². The molecule has 3 aromatic rings. The molecule has 0 bridgehead atoms. The van der Waals surface area contributed by atoms with Crippen LogP contribution in [0.25, 0.3) is 11.0 Å². The van der Waals surface area contributed by atoms with Crippen LogP contribution in [-0.4, -0.2) is 98.1 Å². The van der Waals surface area contributed by atoms with E-state index < -0.39 is 5.60 Å². The molecule has 0 spiro atoms. The van der Waals surface area contributed by atoms with Gasteiger partial charge in [-0.25, -0.2) is 14.8 Å². The molecule has 2 aliphatic heterocycles. The van der Waals surface area contributed by atoms with Crippen LogP contribution >= 0.6 is 0 Å². The molecular formula is C31H42N8O3. The molecular weight excluding hydrogens is 532 g/mol. The number of rotatable bonds is 6. The summed E-state index contributed by atoms with van der Waals surface area (Å²) in [4.78, 5) is 45.2. The molecule has 2 saturated heterocycles. The highest BCUT2D eigenvalue weighted by Gasteiger charge is 2.40. The van der Waals surface area contributed by atoms with Crippen molar-refractivity contribution in [3.05, 3.63) is 41.9 Å². The van der Waals surface area contributed by atoms with E-state index in [4.69, 9.17) is 9.72 Å². The number of nitrogens with zero attached hydrogens (tertiary/aromatic N) is 7. The van der Waals surface area contributed by atoms with E-state index in [0.717, 1.165) is 69.3 Å². The second-order valence-electron chi connectivity index (χ2n) is 13.1. The number of aromatic nitrogens is 4. The monoisotopic (exact) mass is 574 g/mol. The normalized spacial score (nSPS) is 20.2. The SMILES string of the molecule is CN(C)C(=O)c1cc2cnc(Nc3ccc([C@H]4CCN(C5CN(C(=O)OC(C)(C)C)C5)C4)cn3)nc2n1C1CCCC1. The van der Waals surface area contributed by atoms with Gasteiger partial charge in [-0.1, -0.05) is 18.9 Å². The number of ether oxygens (including phenoxy) is 1. The number of carbonyl (C=O) groups is 2. The summed E-state index contributed by atoms with van der Waals surface area (Å²) < 4.78 is 7.61. The van der Waals surface area contributed by atoms with Crippen LogP contribution in [0.2, 0.25) is 0 Å². The number of pyridine rings is 1. The van der Waals surface area contributed by atoms with Crippen LogP contribution in [0.4, 0.5) is 16.6 Å². The van der Waals surface area contributed by atoms with E-state index in [0.29, 0.717) is 29.4 Å². The lowest BCUT2D eigenvalue weighted by Gasteiger charge is -2.44. The summed E-state index contributed by atoms with van der Waals surface area (Å²) in [6, 6.07) is 6.69. The van der Waals surface area contributed by atoms with Gasteiger partial charge in [-0.3, -0.25) is 9.69 Å². The lowest BCUT2D eigenvalue weighted by Crippen LogP contribution is -2.61. The fourth-order valence-corrected chi connectivity index (χ4v) is 6.38. The van der Waals surface area contributed by atoms with E-state index in [1.807, 2.05) is 39.1 Å². The molecule has 3 aromatic heterocycles. The van der Waals surface area contributed by atoms with Crippen LogP contribution in [0.3, 0.4) is 0 Å². The molecule has 1 aliphatic carbocycles. The number of carbonyl (C=O) groups excluding carboxylic acids is 2. The molecule has 0 radical (unpaired) electrons. The van der Waals surface area contributed by atoms with Crippen molar-refractivity contribution >= 4 is 34.8 Å². The first-order valence-electron chi connectivity index (χ1n) is 15.1. The van der Waals surface area contributed by atoms with Gasteiger partial charge in [-0.2, -0.15) is 4.98 Å². The molecule has 2 amide bonds. The Labute approximate surface area is 247 Å². The molecule has 11 heteroatoms. The number of amides is 2. The Bertz CT molecular complexity index is 1450. The van der Waals surface area contributed by atoms with Crippen molar-refractivity contribution in [2.75, 3.05) is 45.6 Å². The van der Waals surface area contributed by atoms with Gasteiger partial charge in [0.05, 0.1) is 0 Å². The molecule has 3 aliphatic rings. The summed E-state index contributed by atoms with van der Waals surface area (Å²) in [5.41, 5.74) is 2.20. The van der Waals surface area contributed by atoms with Gasteiger partial charge in [0.1, 0.15) is 22.8 Å². The smallest absolute Gasteiger partial charge is 0.410 e. The fraction of sp³-hybridized carbons (Fsp3) is 0.581. The first kappa shape index (κ1) is 28.4. The summed E-state index contributed by atoms with van der Waals surface area (Å²) in [7, 11) is 3.56. The molecule has 0 unspecified atom stereocenters. The molecule has 42 heavy (non-hydrogen) atoms. The van der Waals surface area contributed by atoms with Gasteiger partial charge in [0, 0.05) is 63.6 Å². The average Bonchev–Trinajstić information content (AvgIpc) is 3.66. The zero-order chi connectivity index (χ0) is 29.6. The second-order valence-corrected chi connectivity index (χ2v) is 13.1. The summed E-state index contributed by atoms with van der Waals surface area (Å²) in [5, 5.41) is 4.14.